The Balaban J connectivity index is 1.35. The van der Waals surface area contributed by atoms with Crippen LogP contribution in [0.4, 0.5) is 0 Å². The Hall–Kier alpha value is -2.87. The molecule has 0 aliphatic carbocycles. The van der Waals surface area contributed by atoms with E-state index >= 15 is 0 Å². The van der Waals surface area contributed by atoms with E-state index in [9.17, 15) is 4.79 Å². The average Bonchev–Trinajstić information content (AvgIpc) is 3.51. The number of methoxy groups -OCH3 is 2. The first-order valence-corrected chi connectivity index (χ1v) is 10.8. The summed E-state index contributed by atoms with van der Waals surface area (Å²) in [5.41, 5.74) is 1.08. The van der Waals surface area contributed by atoms with Crippen molar-refractivity contribution >= 4 is 17.2 Å². The zero-order chi connectivity index (χ0) is 21.1. The Morgan fingerprint density at radius 3 is 2.83 bits per heavy atom. The molecule has 3 aromatic rings. The molecule has 0 N–H and O–H groups in total. The standard InChI is InChI=1S/C22H25N3O4S/c1-14-7-8-18(30-14)22-24-23-19(29-22)9-10-20(26)25-12-11-15(13-25)16-5-4-6-17(27-2)21(16)28-3/h4-8,15H,9-13H2,1-3H3. The van der Waals surface area contributed by atoms with E-state index in [-0.39, 0.29) is 11.8 Å². The van der Waals surface area contributed by atoms with Crippen molar-refractivity contribution in [3.05, 3.63) is 46.7 Å². The summed E-state index contributed by atoms with van der Waals surface area (Å²) in [7, 11) is 3.28. The normalized spacial score (nSPS) is 16.1. The summed E-state index contributed by atoms with van der Waals surface area (Å²) in [5, 5.41) is 8.20. The highest BCUT2D eigenvalue weighted by Crippen LogP contribution is 2.39. The molecule has 1 fully saturated rings. The Kier molecular flexibility index (Phi) is 6.03. The summed E-state index contributed by atoms with van der Waals surface area (Å²) in [6, 6.07) is 9.89. The molecule has 1 aromatic carbocycles. The van der Waals surface area contributed by atoms with Crippen molar-refractivity contribution in [3.8, 4) is 22.3 Å². The molecule has 1 unspecified atom stereocenters. The number of rotatable bonds is 7. The predicted octanol–water partition coefficient (Wildman–Crippen LogP) is 4.07. The second-order valence-electron chi connectivity index (χ2n) is 7.32. The number of thiophene rings is 1. The Morgan fingerprint density at radius 1 is 1.23 bits per heavy atom. The van der Waals surface area contributed by atoms with Gasteiger partial charge in [-0.25, -0.2) is 0 Å². The summed E-state index contributed by atoms with van der Waals surface area (Å²) < 4.78 is 16.7. The lowest BCUT2D eigenvalue weighted by Gasteiger charge is -2.19. The van der Waals surface area contributed by atoms with E-state index in [4.69, 9.17) is 13.9 Å². The molecule has 8 heteroatoms. The monoisotopic (exact) mass is 427 g/mol. The van der Waals surface area contributed by atoms with Crippen LogP contribution in [0.5, 0.6) is 11.5 Å². The molecule has 2 aromatic heterocycles. The molecular formula is C22H25N3O4S. The molecular weight excluding hydrogens is 402 g/mol. The molecule has 1 aliphatic rings. The number of ether oxygens (including phenoxy) is 2. The lowest BCUT2D eigenvalue weighted by molar-refractivity contribution is -0.130. The molecule has 7 nitrogen and oxygen atoms in total. The van der Waals surface area contributed by atoms with E-state index in [1.807, 2.05) is 42.2 Å². The van der Waals surface area contributed by atoms with Crippen LogP contribution in [0.25, 0.3) is 10.8 Å². The molecule has 1 amide bonds. The number of aryl methyl sites for hydroxylation is 2. The topological polar surface area (TPSA) is 77.7 Å². The van der Waals surface area contributed by atoms with Crippen LogP contribution < -0.4 is 9.47 Å². The summed E-state index contributed by atoms with van der Waals surface area (Å²) in [6.07, 6.45) is 1.70. The predicted molar refractivity (Wildman–Crippen MR) is 114 cm³/mol. The van der Waals surface area contributed by atoms with Gasteiger partial charge in [-0.05, 0) is 31.5 Å². The summed E-state index contributed by atoms with van der Waals surface area (Å²) in [6.45, 7) is 3.44. The fourth-order valence-corrected chi connectivity index (χ4v) is 4.64. The van der Waals surface area contributed by atoms with Gasteiger partial charge in [-0.1, -0.05) is 12.1 Å². The molecule has 0 saturated carbocycles. The summed E-state index contributed by atoms with van der Waals surface area (Å²) in [5.74, 6) is 2.81. The zero-order valence-corrected chi connectivity index (χ0v) is 18.2. The Labute approximate surface area is 179 Å². The van der Waals surface area contributed by atoms with Crippen LogP contribution in [0, 0.1) is 6.92 Å². The first-order chi connectivity index (χ1) is 14.6. The van der Waals surface area contributed by atoms with Gasteiger partial charge < -0.3 is 18.8 Å². The maximum atomic E-state index is 12.7. The quantitative estimate of drug-likeness (QED) is 0.566. The fraction of sp³-hybridized carbons (Fsp3) is 0.409. The number of carbonyl (C=O) groups is 1. The van der Waals surface area contributed by atoms with Gasteiger partial charge in [-0.3, -0.25) is 4.79 Å². The number of hydrogen-bond donors (Lipinski definition) is 0. The number of carbonyl (C=O) groups excluding carboxylic acids is 1. The van der Waals surface area contributed by atoms with Crippen LogP contribution in [0.2, 0.25) is 0 Å². The van der Waals surface area contributed by atoms with Crippen LogP contribution in [0.1, 0.15) is 35.1 Å². The number of para-hydroxylation sites is 1. The van der Waals surface area contributed by atoms with Gasteiger partial charge in [-0.15, -0.1) is 21.5 Å². The Bertz CT molecular complexity index is 1030. The highest BCUT2D eigenvalue weighted by molar-refractivity contribution is 7.15. The molecule has 1 atom stereocenters. The third-order valence-corrected chi connectivity index (χ3v) is 6.37. The van der Waals surface area contributed by atoms with E-state index < -0.39 is 0 Å². The second-order valence-corrected chi connectivity index (χ2v) is 8.61. The molecule has 30 heavy (non-hydrogen) atoms. The van der Waals surface area contributed by atoms with Crippen molar-refractivity contribution < 1.29 is 18.7 Å². The van der Waals surface area contributed by atoms with Gasteiger partial charge >= 0.3 is 0 Å². The molecule has 1 saturated heterocycles. The van der Waals surface area contributed by atoms with E-state index in [2.05, 4.69) is 10.2 Å². The lowest BCUT2D eigenvalue weighted by Crippen LogP contribution is -2.28. The highest BCUT2D eigenvalue weighted by Gasteiger charge is 2.30. The van der Waals surface area contributed by atoms with E-state index in [0.717, 1.165) is 29.2 Å². The number of aromatic nitrogens is 2. The zero-order valence-electron chi connectivity index (χ0n) is 17.4. The van der Waals surface area contributed by atoms with E-state index in [0.29, 0.717) is 36.9 Å². The van der Waals surface area contributed by atoms with Crippen LogP contribution in [-0.4, -0.2) is 48.3 Å². The maximum Gasteiger partial charge on any atom is 0.257 e. The first kappa shape index (κ1) is 20.4. The van der Waals surface area contributed by atoms with E-state index in [1.165, 1.54) is 4.88 Å². The number of benzene rings is 1. The second kappa shape index (κ2) is 8.87. The van der Waals surface area contributed by atoms with Crippen molar-refractivity contribution in [3.63, 3.8) is 0 Å². The highest BCUT2D eigenvalue weighted by atomic mass is 32.1. The minimum Gasteiger partial charge on any atom is -0.493 e. The Morgan fingerprint density at radius 2 is 2.10 bits per heavy atom. The summed E-state index contributed by atoms with van der Waals surface area (Å²) >= 11 is 1.61. The number of likely N-dealkylation sites (tertiary alicyclic amines) is 1. The molecule has 1 aliphatic heterocycles. The van der Waals surface area contributed by atoms with E-state index in [1.54, 1.807) is 25.6 Å². The van der Waals surface area contributed by atoms with Gasteiger partial charge in [0.1, 0.15) is 0 Å². The minimum absolute atomic E-state index is 0.103. The molecule has 0 spiro atoms. The smallest absolute Gasteiger partial charge is 0.257 e. The average molecular weight is 428 g/mol. The van der Waals surface area contributed by atoms with Crippen molar-refractivity contribution in [1.82, 2.24) is 15.1 Å². The minimum atomic E-state index is 0.103. The molecule has 158 valence electrons. The third-order valence-electron chi connectivity index (χ3n) is 5.38. The van der Waals surface area contributed by atoms with Crippen molar-refractivity contribution in [1.29, 1.82) is 0 Å². The van der Waals surface area contributed by atoms with Gasteiger partial charge in [0.25, 0.3) is 5.89 Å². The molecule has 0 bridgehead atoms. The number of amides is 1. The van der Waals surface area contributed by atoms with Crippen LogP contribution >= 0.6 is 11.3 Å². The SMILES string of the molecule is COc1cccc(C2CCN(C(=O)CCc3nnc(-c4ccc(C)s4)o3)C2)c1OC. The lowest BCUT2D eigenvalue weighted by atomic mass is 9.97. The third kappa shape index (κ3) is 4.18. The van der Waals surface area contributed by atoms with Crippen molar-refractivity contribution in [2.45, 2.75) is 32.1 Å². The van der Waals surface area contributed by atoms with Crippen molar-refractivity contribution in [2.75, 3.05) is 27.3 Å². The fourth-order valence-electron chi connectivity index (χ4n) is 3.85. The molecule has 4 rings (SSSR count). The van der Waals surface area contributed by atoms with Gasteiger partial charge in [0.05, 0.1) is 19.1 Å². The maximum absolute atomic E-state index is 12.7. The first-order valence-electron chi connectivity index (χ1n) is 9.97. The van der Waals surface area contributed by atoms with Gasteiger partial charge in [0, 0.05) is 42.3 Å². The van der Waals surface area contributed by atoms with Crippen LogP contribution in [0.3, 0.4) is 0 Å². The van der Waals surface area contributed by atoms with Crippen LogP contribution in [-0.2, 0) is 11.2 Å². The largest absolute Gasteiger partial charge is 0.493 e. The summed E-state index contributed by atoms with van der Waals surface area (Å²) in [4.78, 5) is 16.8. The van der Waals surface area contributed by atoms with Gasteiger partial charge in [0.2, 0.25) is 11.8 Å². The molecule has 3 heterocycles. The van der Waals surface area contributed by atoms with Crippen molar-refractivity contribution in [2.24, 2.45) is 0 Å². The molecule has 0 radical (unpaired) electrons. The van der Waals surface area contributed by atoms with Gasteiger partial charge in [-0.2, -0.15) is 0 Å². The number of nitrogens with zero attached hydrogens (tertiary/aromatic N) is 3. The van der Waals surface area contributed by atoms with Crippen LogP contribution in [0.15, 0.2) is 34.7 Å². The van der Waals surface area contributed by atoms with Gasteiger partial charge in [0.15, 0.2) is 11.5 Å². The number of hydrogen-bond acceptors (Lipinski definition) is 7.